The van der Waals surface area contributed by atoms with Crippen LogP contribution in [0.5, 0.6) is 0 Å². The Labute approximate surface area is 136 Å². The summed E-state index contributed by atoms with van der Waals surface area (Å²) in [5.74, 6) is 0.449. The van der Waals surface area contributed by atoms with Crippen molar-refractivity contribution in [1.82, 2.24) is 25.1 Å². The predicted molar refractivity (Wildman–Crippen MR) is 87.6 cm³/mol. The van der Waals surface area contributed by atoms with E-state index in [1.807, 2.05) is 37.9 Å². The van der Waals surface area contributed by atoms with Crippen molar-refractivity contribution in [2.24, 2.45) is 5.41 Å². The molecule has 3 heterocycles. The van der Waals surface area contributed by atoms with Gasteiger partial charge in [0.15, 0.2) is 0 Å². The molecule has 0 saturated carbocycles. The summed E-state index contributed by atoms with van der Waals surface area (Å²) in [7, 11) is 0. The van der Waals surface area contributed by atoms with Gasteiger partial charge in [-0.25, -0.2) is 4.98 Å². The molecule has 6 heteroatoms. The number of likely N-dealkylation sites (tertiary alicyclic amines) is 1. The Hall–Kier alpha value is -2.24. The molecular formula is C17H23N5O. The molecule has 0 radical (unpaired) electrons. The van der Waals surface area contributed by atoms with Crippen molar-refractivity contribution in [3.63, 3.8) is 0 Å². The summed E-state index contributed by atoms with van der Waals surface area (Å²) in [5, 5.41) is 6.87. The van der Waals surface area contributed by atoms with Gasteiger partial charge in [0.25, 0.3) is 0 Å². The molecule has 1 amide bonds. The summed E-state index contributed by atoms with van der Waals surface area (Å²) < 4.78 is 0. The van der Waals surface area contributed by atoms with Crippen LogP contribution in [0.2, 0.25) is 0 Å². The van der Waals surface area contributed by atoms with Gasteiger partial charge < -0.3 is 4.90 Å². The zero-order valence-corrected chi connectivity index (χ0v) is 13.9. The molecule has 1 atom stereocenters. The number of nitrogens with zero attached hydrogens (tertiary/aromatic N) is 4. The number of aromatic nitrogens is 4. The Morgan fingerprint density at radius 1 is 1.35 bits per heavy atom. The third kappa shape index (κ3) is 3.41. The number of nitrogens with one attached hydrogen (secondary N) is 1. The zero-order chi connectivity index (χ0) is 16.4. The molecule has 1 fully saturated rings. The lowest BCUT2D eigenvalue weighted by Crippen LogP contribution is -2.44. The van der Waals surface area contributed by atoms with Crippen molar-refractivity contribution in [2.75, 3.05) is 13.1 Å². The van der Waals surface area contributed by atoms with Crippen molar-refractivity contribution >= 4 is 5.91 Å². The lowest BCUT2D eigenvalue weighted by Gasteiger charge is -2.36. The quantitative estimate of drug-likeness (QED) is 0.925. The van der Waals surface area contributed by atoms with E-state index in [1.165, 1.54) is 0 Å². The molecule has 1 aliphatic heterocycles. The van der Waals surface area contributed by atoms with Crippen LogP contribution in [0.3, 0.4) is 0 Å². The highest BCUT2D eigenvalue weighted by atomic mass is 16.2. The van der Waals surface area contributed by atoms with Crippen LogP contribution < -0.4 is 0 Å². The van der Waals surface area contributed by atoms with E-state index in [0.29, 0.717) is 0 Å². The number of piperidine rings is 1. The summed E-state index contributed by atoms with van der Waals surface area (Å²) in [6, 6.07) is 1.88. The number of hydrogen-bond acceptors (Lipinski definition) is 4. The third-order valence-corrected chi connectivity index (χ3v) is 4.20. The fourth-order valence-corrected chi connectivity index (χ4v) is 2.98. The van der Waals surface area contributed by atoms with E-state index in [-0.39, 0.29) is 17.2 Å². The molecule has 0 aliphatic carbocycles. The topological polar surface area (TPSA) is 74.8 Å². The van der Waals surface area contributed by atoms with Crippen LogP contribution in [0.1, 0.15) is 45.2 Å². The van der Waals surface area contributed by atoms with Crippen LogP contribution in [0.15, 0.2) is 24.7 Å². The van der Waals surface area contributed by atoms with Crippen molar-refractivity contribution in [3.05, 3.63) is 30.4 Å². The second-order valence-corrected chi connectivity index (χ2v) is 7.14. The van der Waals surface area contributed by atoms with Crippen molar-refractivity contribution in [1.29, 1.82) is 0 Å². The van der Waals surface area contributed by atoms with Gasteiger partial charge in [0.2, 0.25) is 5.91 Å². The predicted octanol–water partition coefficient (Wildman–Crippen LogP) is 2.62. The highest BCUT2D eigenvalue weighted by molar-refractivity contribution is 5.81. The van der Waals surface area contributed by atoms with Crippen LogP contribution in [-0.2, 0) is 4.79 Å². The summed E-state index contributed by atoms with van der Waals surface area (Å²) in [4.78, 5) is 23.5. The maximum absolute atomic E-state index is 12.5. The van der Waals surface area contributed by atoms with E-state index in [2.05, 4.69) is 15.2 Å². The Morgan fingerprint density at radius 3 is 2.87 bits per heavy atom. The molecule has 122 valence electrons. The van der Waals surface area contributed by atoms with Gasteiger partial charge in [0.1, 0.15) is 5.69 Å². The smallest absolute Gasteiger partial charge is 0.227 e. The number of rotatable bonds is 2. The minimum absolute atomic E-state index is 0.208. The van der Waals surface area contributed by atoms with Crippen LogP contribution >= 0.6 is 0 Å². The van der Waals surface area contributed by atoms with Gasteiger partial charge in [0.05, 0.1) is 17.6 Å². The van der Waals surface area contributed by atoms with Crippen LogP contribution in [0.25, 0.3) is 11.4 Å². The lowest BCUT2D eigenvalue weighted by molar-refractivity contribution is -0.140. The second kappa shape index (κ2) is 6.10. The van der Waals surface area contributed by atoms with E-state index in [9.17, 15) is 4.79 Å². The van der Waals surface area contributed by atoms with Crippen LogP contribution in [0, 0.1) is 5.41 Å². The van der Waals surface area contributed by atoms with Crippen LogP contribution in [0.4, 0.5) is 0 Å². The zero-order valence-electron chi connectivity index (χ0n) is 13.9. The Bertz CT molecular complexity index is 675. The fraction of sp³-hybridized carbons (Fsp3) is 0.529. The maximum atomic E-state index is 12.5. The van der Waals surface area contributed by atoms with Gasteiger partial charge in [-0.1, -0.05) is 20.8 Å². The number of hydrogen-bond donors (Lipinski definition) is 1. The van der Waals surface area contributed by atoms with Crippen molar-refractivity contribution in [2.45, 2.75) is 39.5 Å². The van der Waals surface area contributed by atoms with Gasteiger partial charge in [-0.2, -0.15) is 5.10 Å². The molecule has 0 spiro atoms. The standard InChI is InChI=1S/C17H23N5O/c1-17(2,3)16(23)22-8-4-5-12(11-22)14-9-18-10-15(20-14)13-6-7-19-21-13/h6-7,9-10,12H,4-5,8,11H2,1-3H3,(H,19,21)/t12-/m1/s1. The molecule has 6 nitrogen and oxygen atoms in total. The monoisotopic (exact) mass is 313 g/mol. The van der Waals surface area contributed by atoms with Gasteiger partial charge in [-0.15, -0.1) is 0 Å². The second-order valence-electron chi connectivity index (χ2n) is 7.14. The highest BCUT2D eigenvalue weighted by Gasteiger charge is 2.32. The van der Waals surface area contributed by atoms with Gasteiger partial charge in [-0.3, -0.25) is 14.9 Å². The van der Waals surface area contributed by atoms with Gasteiger partial charge in [-0.05, 0) is 18.9 Å². The number of carbonyl (C=O) groups is 1. The Kier molecular flexibility index (Phi) is 4.15. The first-order valence-corrected chi connectivity index (χ1v) is 8.06. The molecule has 23 heavy (non-hydrogen) atoms. The summed E-state index contributed by atoms with van der Waals surface area (Å²) in [6.07, 6.45) is 7.29. The highest BCUT2D eigenvalue weighted by Crippen LogP contribution is 2.29. The van der Waals surface area contributed by atoms with E-state index >= 15 is 0 Å². The molecule has 1 aliphatic rings. The van der Waals surface area contributed by atoms with E-state index < -0.39 is 0 Å². The molecule has 0 aromatic carbocycles. The van der Waals surface area contributed by atoms with Crippen molar-refractivity contribution in [3.8, 4) is 11.4 Å². The fourth-order valence-electron chi connectivity index (χ4n) is 2.98. The minimum Gasteiger partial charge on any atom is -0.342 e. The van der Waals surface area contributed by atoms with E-state index in [4.69, 9.17) is 4.98 Å². The normalized spacial score (nSPS) is 18.9. The SMILES string of the molecule is CC(C)(C)C(=O)N1CCC[C@@H](c2cncc(-c3ccn[nH]3)n2)C1. The molecule has 3 rings (SSSR count). The molecule has 2 aromatic heterocycles. The molecule has 0 bridgehead atoms. The van der Waals surface area contributed by atoms with Gasteiger partial charge in [0, 0.05) is 36.8 Å². The minimum atomic E-state index is -0.342. The largest absolute Gasteiger partial charge is 0.342 e. The number of carbonyl (C=O) groups excluding carboxylic acids is 1. The molecule has 0 unspecified atom stereocenters. The Balaban J connectivity index is 1.79. The first-order chi connectivity index (χ1) is 10.9. The molecular weight excluding hydrogens is 290 g/mol. The first-order valence-electron chi connectivity index (χ1n) is 8.06. The molecule has 1 saturated heterocycles. The molecule has 1 N–H and O–H groups in total. The lowest BCUT2D eigenvalue weighted by atomic mass is 9.90. The van der Waals surface area contributed by atoms with Crippen molar-refractivity contribution < 1.29 is 4.79 Å². The van der Waals surface area contributed by atoms with Gasteiger partial charge >= 0.3 is 0 Å². The maximum Gasteiger partial charge on any atom is 0.227 e. The van der Waals surface area contributed by atoms with E-state index in [0.717, 1.165) is 43.0 Å². The number of H-pyrrole nitrogens is 1. The number of aromatic amines is 1. The first kappa shape index (κ1) is 15.6. The molecule has 2 aromatic rings. The average Bonchev–Trinajstić information content (AvgIpc) is 3.08. The third-order valence-electron chi connectivity index (χ3n) is 4.20. The summed E-state index contributed by atoms with van der Waals surface area (Å²) in [5.41, 5.74) is 2.26. The van der Waals surface area contributed by atoms with E-state index in [1.54, 1.807) is 12.4 Å². The summed E-state index contributed by atoms with van der Waals surface area (Å²) >= 11 is 0. The average molecular weight is 313 g/mol. The number of amides is 1. The van der Waals surface area contributed by atoms with Crippen LogP contribution in [-0.4, -0.2) is 44.1 Å². The Morgan fingerprint density at radius 2 is 2.17 bits per heavy atom. The summed E-state index contributed by atoms with van der Waals surface area (Å²) in [6.45, 7) is 7.46.